The standard InChI is InChI=1S/C11H13F3N2O2/c12-11(13,14)7-18-5-4-16-10(17)8-2-1-3-9(15)6-8/h1-3,6H,4-5,7,15H2,(H,16,17). The van der Waals surface area contributed by atoms with Gasteiger partial charge in [-0.05, 0) is 18.2 Å². The zero-order chi connectivity index (χ0) is 13.6. The van der Waals surface area contributed by atoms with E-state index in [1.807, 2.05) is 0 Å². The number of alkyl halides is 3. The molecule has 0 saturated carbocycles. The summed E-state index contributed by atoms with van der Waals surface area (Å²) in [4.78, 5) is 11.5. The summed E-state index contributed by atoms with van der Waals surface area (Å²) in [7, 11) is 0. The molecule has 0 aliphatic carbocycles. The SMILES string of the molecule is Nc1cccc(C(=O)NCCOCC(F)(F)F)c1. The second kappa shape index (κ2) is 6.25. The summed E-state index contributed by atoms with van der Waals surface area (Å²) in [5.41, 5.74) is 6.28. The summed E-state index contributed by atoms with van der Waals surface area (Å²) >= 11 is 0. The number of amides is 1. The van der Waals surface area contributed by atoms with E-state index in [1.54, 1.807) is 18.2 Å². The number of nitrogens with one attached hydrogen (secondary N) is 1. The van der Waals surface area contributed by atoms with Crippen LogP contribution in [0.2, 0.25) is 0 Å². The second-order valence-corrected chi connectivity index (χ2v) is 3.55. The fourth-order valence-electron chi connectivity index (χ4n) is 1.21. The van der Waals surface area contributed by atoms with Crippen LogP contribution in [-0.4, -0.2) is 31.8 Å². The van der Waals surface area contributed by atoms with Crippen LogP contribution in [0.1, 0.15) is 10.4 Å². The van der Waals surface area contributed by atoms with Crippen LogP contribution in [0.5, 0.6) is 0 Å². The fraction of sp³-hybridized carbons (Fsp3) is 0.364. The van der Waals surface area contributed by atoms with Gasteiger partial charge in [0.25, 0.3) is 5.91 Å². The molecule has 0 heterocycles. The molecule has 1 aromatic carbocycles. The molecule has 1 rings (SSSR count). The van der Waals surface area contributed by atoms with Gasteiger partial charge in [0.2, 0.25) is 0 Å². The summed E-state index contributed by atoms with van der Waals surface area (Å²) in [6.07, 6.45) is -4.35. The third-order valence-corrected chi connectivity index (χ3v) is 1.95. The third-order valence-electron chi connectivity index (χ3n) is 1.95. The van der Waals surface area contributed by atoms with Crippen molar-refractivity contribution in [3.63, 3.8) is 0 Å². The molecule has 7 heteroatoms. The number of hydrogen-bond donors (Lipinski definition) is 2. The monoisotopic (exact) mass is 262 g/mol. The molecule has 1 amide bonds. The Balaban J connectivity index is 2.26. The molecule has 100 valence electrons. The first kappa shape index (κ1) is 14.3. The van der Waals surface area contributed by atoms with Crippen LogP contribution in [0.15, 0.2) is 24.3 Å². The Bertz CT molecular complexity index is 408. The molecule has 0 unspecified atom stereocenters. The van der Waals surface area contributed by atoms with E-state index in [0.717, 1.165) is 0 Å². The number of nitrogens with two attached hydrogens (primary N) is 1. The smallest absolute Gasteiger partial charge is 0.399 e. The Morgan fingerprint density at radius 2 is 2.11 bits per heavy atom. The van der Waals surface area contributed by atoms with E-state index in [4.69, 9.17) is 5.73 Å². The quantitative estimate of drug-likeness (QED) is 0.625. The van der Waals surface area contributed by atoms with Crippen molar-refractivity contribution in [2.45, 2.75) is 6.18 Å². The van der Waals surface area contributed by atoms with E-state index in [0.29, 0.717) is 11.3 Å². The van der Waals surface area contributed by atoms with Crippen molar-refractivity contribution in [3.8, 4) is 0 Å². The van der Waals surface area contributed by atoms with Gasteiger partial charge in [-0.15, -0.1) is 0 Å². The van der Waals surface area contributed by atoms with Gasteiger partial charge in [0.1, 0.15) is 6.61 Å². The lowest BCUT2D eigenvalue weighted by molar-refractivity contribution is -0.173. The lowest BCUT2D eigenvalue weighted by Gasteiger charge is -2.08. The highest BCUT2D eigenvalue weighted by molar-refractivity contribution is 5.94. The summed E-state index contributed by atoms with van der Waals surface area (Å²) in [6, 6.07) is 6.28. The van der Waals surface area contributed by atoms with E-state index in [-0.39, 0.29) is 13.2 Å². The van der Waals surface area contributed by atoms with Crippen molar-refractivity contribution in [2.75, 3.05) is 25.5 Å². The maximum Gasteiger partial charge on any atom is 0.411 e. The molecule has 0 fully saturated rings. The molecule has 0 radical (unpaired) electrons. The largest absolute Gasteiger partial charge is 0.411 e. The van der Waals surface area contributed by atoms with Crippen LogP contribution in [0, 0.1) is 0 Å². The first-order valence-electron chi connectivity index (χ1n) is 5.17. The van der Waals surface area contributed by atoms with Crippen LogP contribution in [0.3, 0.4) is 0 Å². The average Bonchev–Trinajstić information content (AvgIpc) is 2.26. The first-order valence-corrected chi connectivity index (χ1v) is 5.17. The van der Waals surface area contributed by atoms with Crippen LogP contribution < -0.4 is 11.1 Å². The molecule has 3 N–H and O–H groups in total. The van der Waals surface area contributed by atoms with E-state index < -0.39 is 18.7 Å². The number of benzene rings is 1. The summed E-state index contributed by atoms with van der Waals surface area (Å²) in [5, 5.41) is 2.43. The minimum atomic E-state index is -4.35. The van der Waals surface area contributed by atoms with Crippen molar-refractivity contribution in [1.82, 2.24) is 5.32 Å². The zero-order valence-electron chi connectivity index (χ0n) is 9.46. The number of carbonyl (C=O) groups is 1. The summed E-state index contributed by atoms with van der Waals surface area (Å²) < 4.78 is 39.5. The van der Waals surface area contributed by atoms with Crippen LogP contribution >= 0.6 is 0 Å². The van der Waals surface area contributed by atoms with Crippen molar-refractivity contribution in [2.24, 2.45) is 0 Å². The Morgan fingerprint density at radius 3 is 2.72 bits per heavy atom. The lowest BCUT2D eigenvalue weighted by Crippen LogP contribution is -2.28. The van der Waals surface area contributed by atoms with Gasteiger partial charge in [-0.1, -0.05) is 6.07 Å². The number of halogens is 3. The van der Waals surface area contributed by atoms with Gasteiger partial charge in [-0.3, -0.25) is 4.79 Å². The van der Waals surface area contributed by atoms with Crippen LogP contribution in [0.25, 0.3) is 0 Å². The number of carbonyl (C=O) groups excluding carboxylic acids is 1. The molecule has 0 spiro atoms. The lowest BCUT2D eigenvalue weighted by atomic mass is 10.2. The molecular weight excluding hydrogens is 249 g/mol. The van der Waals surface area contributed by atoms with Gasteiger partial charge in [0.15, 0.2) is 0 Å². The minimum absolute atomic E-state index is 0.00368. The van der Waals surface area contributed by atoms with Gasteiger partial charge < -0.3 is 15.8 Å². The van der Waals surface area contributed by atoms with Crippen molar-refractivity contribution in [3.05, 3.63) is 29.8 Å². The van der Waals surface area contributed by atoms with Gasteiger partial charge in [-0.25, -0.2) is 0 Å². The average molecular weight is 262 g/mol. The molecule has 18 heavy (non-hydrogen) atoms. The fourth-order valence-corrected chi connectivity index (χ4v) is 1.21. The predicted octanol–water partition coefficient (Wildman–Crippen LogP) is 1.58. The van der Waals surface area contributed by atoms with E-state index in [2.05, 4.69) is 10.1 Å². The molecular formula is C11H13F3N2O2. The molecule has 0 aliphatic rings. The summed E-state index contributed by atoms with van der Waals surface area (Å²) in [5.74, 6) is -0.405. The van der Waals surface area contributed by atoms with E-state index >= 15 is 0 Å². The Hall–Kier alpha value is -1.76. The maximum absolute atomic E-state index is 11.7. The van der Waals surface area contributed by atoms with Crippen LogP contribution in [0.4, 0.5) is 18.9 Å². The van der Waals surface area contributed by atoms with E-state index in [9.17, 15) is 18.0 Å². The minimum Gasteiger partial charge on any atom is -0.399 e. The third kappa shape index (κ3) is 5.53. The van der Waals surface area contributed by atoms with Crippen molar-refractivity contribution < 1.29 is 22.7 Å². The molecule has 4 nitrogen and oxygen atoms in total. The Labute approximate surface area is 102 Å². The number of anilines is 1. The van der Waals surface area contributed by atoms with Gasteiger partial charge in [0.05, 0.1) is 6.61 Å². The molecule has 1 aromatic rings. The molecule has 0 bridgehead atoms. The van der Waals surface area contributed by atoms with Gasteiger partial charge in [-0.2, -0.15) is 13.2 Å². The highest BCUT2D eigenvalue weighted by atomic mass is 19.4. The number of rotatable bonds is 5. The first-order chi connectivity index (χ1) is 8.38. The predicted molar refractivity (Wildman–Crippen MR) is 60.1 cm³/mol. The molecule has 0 saturated heterocycles. The normalized spacial score (nSPS) is 11.3. The molecule has 0 atom stereocenters. The molecule has 0 aromatic heterocycles. The van der Waals surface area contributed by atoms with Crippen molar-refractivity contribution in [1.29, 1.82) is 0 Å². The Kier molecular flexibility index (Phi) is 4.96. The maximum atomic E-state index is 11.7. The van der Waals surface area contributed by atoms with Gasteiger partial charge in [0, 0.05) is 17.8 Å². The second-order valence-electron chi connectivity index (χ2n) is 3.55. The molecule has 0 aliphatic heterocycles. The Morgan fingerprint density at radius 1 is 1.39 bits per heavy atom. The van der Waals surface area contributed by atoms with Crippen molar-refractivity contribution >= 4 is 11.6 Å². The van der Waals surface area contributed by atoms with Gasteiger partial charge >= 0.3 is 6.18 Å². The number of hydrogen-bond acceptors (Lipinski definition) is 3. The summed E-state index contributed by atoms with van der Waals surface area (Å²) in [6.45, 7) is -1.52. The zero-order valence-corrected chi connectivity index (χ0v) is 9.46. The van der Waals surface area contributed by atoms with Crippen LogP contribution in [-0.2, 0) is 4.74 Å². The number of ether oxygens (including phenoxy) is 1. The highest BCUT2D eigenvalue weighted by Crippen LogP contribution is 2.14. The van der Waals surface area contributed by atoms with E-state index in [1.165, 1.54) is 6.07 Å². The number of nitrogen functional groups attached to an aromatic ring is 1. The topological polar surface area (TPSA) is 64.4 Å². The highest BCUT2D eigenvalue weighted by Gasteiger charge is 2.27.